The number of thiophene rings is 4. The Hall–Kier alpha value is -8.92. The number of benzene rings is 12. The summed E-state index contributed by atoms with van der Waals surface area (Å²) in [7, 11) is 0. The molecule has 0 fully saturated rings. The van der Waals surface area contributed by atoms with Gasteiger partial charge in [-0.2, -0.15) is 0 Å². The molecule has 6 aromatic heterocycles. The van der Waals surface area contributed by atoms with Crippen LogP contribution in [0.15, 0.2) is 284 Å². The molecule has 18 rings (SSSR count). The van der Waals surface area contributed by atoms with Crippen LogP contribution in [-0.4, -0.2) is 9.55 Å². The number of nitrogens with one attached hydrogen (secondary N) is 1. The fourth-order valence-corrected chi connectivity index (χ4v) is 17.6. The van der Waals surface area contributed by atoms with Crippen molar-refractivity contribution in [1.82, 2.24) is 9.55 Å². The van der Waals surface area contributed by atoms with Crippen LogP contribution in [0.25, 0.3) is 153 Å². The summed E-state index contributed by atoms with van der Waals surface area (Å²) >= 11 is 11.1. The highest BCUT2D eigenvalue weighted by molar-refractivity contribution is 9.10. The lowest BCUT2D eigenvalue weighted by atomic mass is 10.0. The lowest BCUT2D eigenvalue weighted by molar-refractivity contribution is 1.13. The number of aromatic nitrogens is 2. The van der Waals surface area contributed by atoms with Crippen molar-refractivity contribution in [2.45, 2.75) is 0 Å². The van der Waals surface area contributed by atoms with Crippen molar-refractivity contribution in [3.63, 3.8) is 0 Å². The molecular weight excluding hydrogens is 1150 g/mol. The number of aromatic amines is 1. The molecule has 0 spiro atoms. The van der Waals surface area contributed by atoms with Crippen LogP contribution in [0.1, 0.15) is 0 Å². The van der Waals surface area contributed by atoms with Gasteiger partial charge in [-0.05, 0) is 93.0 Å². The van der Waals surface area contributed by atoms with Crippen LogP contribution >= 0.6 is 61.3 Å². The van der Waals surface area contributed by atoms with Gasteiger partial charge >= 0.3 is 0 Å². The molecule has 0 amide bonds. The Bertz CT molecular complexity index is 5450. The molecule has 2 nitrogen and oxygen atoms in total. The molecule has 83 heavy (non-hydrogen) atoms. The predicted octanol–water partition coefficient (Wildman–Crippen LogP) is 24.4. The van der Waals surface area contributed by atoms with Gasteiger partial charge in [0.2, 0.25) is 0 Å². The highest BCUT2D eigenvalue weighted by Gasteiger charge is 2.18. The second-order valence-electron chi connectivity index (χ2n) is 20.9. The van der Waals surface area contributed by atoms with E-state index in [1.54, 1.807) is 0 Å². The third-order valence-electron chi connectivity index (χ3n) is 16.1. The molecule has 0 unspecified atom stereocenters. The SMILES string of the molecule is Brc1ccc(-c2cccc3c2sc2ccccc23)cc1.c1ccc(-c2cccc3c2sc2c3ccc3cc[nH]c32)cc1.c1ccc(-c2cccc3c2sc2c3ccc3ccn(-c4ccc(-c5cccc6c5sc5ccccc56)cc4)c32)cc1. The van der Waals surface area contributed by atoms with Gasteiger partial charge in [0.1, 0.15) is 0 Å². The molecule has 0 aliphatic heterocycles. The molecule has 0 bridgehead atoms. The first-order chi connectivity index (χ1) is 41.1. The molecule has 0 saturated carbocycles. The van der Waals surface area contributed by atoms with E-state index in [0.717, 1.165) is 4.47 Å². The average Bonchev–Trinajstić information content (AvgIpc) is 2.64. The monoisotopic (exact) mass is 1190 g/mol. The maximum absolute atomic E-state index is 3.50. The highest BCUT2D eigenvalue weighted by atomic mass is 79.9. The summed E-state index contributed by atoms with van der Waals surface area (Å²) in [5, 5.41) is 13.3. The highest BCUT2D eigenvalue weighted by Crippen LogP contribution is 2.46. The van der Waals surface area contributed by atoms with Gasteiger partial charge in [0.05, 0.1) is 20.4 Å². The van der Waals surface area contributed by atoms with Gasteiger partial charge < -0.3 is 9.55 Å². The van der Waals surface area contributed by atoms with Gasteiger partial charge in [-0.1, -0.05) is 234 Å². The van der Waals surface area contributed by atoms with Gasteiger partial charge in [0, 0.05) is 105 Å². The van der Waals surface area contributed by atoms with E-state index in [4.69, 9.17) is 0 Å². The van der Waals surface area contributed by atoms with Crippen LogP contribution in [0, 0.1) is 0 Å². The van der Waals surface area contributed by atoms with E-state index < -0.39 is 0 Å². The van der Waals surface area contributed by atoms with E-state index in [9.17, 15) is 0 Å². The molecular formula is C76H47BrN2S4. The summed E-state index contributed by atoms with van der Waals surface area (Å²) in [6.07, 6.45) is 4.24. The van der Waals surface area contributed by atoms with Crippen LogP contribution in [0.5, 0.6) is 0 Å². The van der Waals surface area contributed by atoms with Crippen molar-refractivity contribution in [2.24, 2.45) is 0 Å². The van der Waals surface area contributed by atoms with E-state index in [-0.39, 0.29) is 0 Å². The van der Waals surface area contributed by atoms with Crippen molar-refractivity contribution in [3.8, 4) is 50.2 Å². The fourth-order valence-electron chi connectivity index (χ4n) is 12.1. The van der Waals surface area contributed by atoms with Crippen LogP contribution in [0.3, 0.4) is 0 Å². The van der Waals surface area contributed by atoms with Crippen molar-refractivity contribution in [3.05, 3.63) is 284 Å². The molecule has 1 N–H and O–H groups in total. The lowest BCUT2D eigenvalue weighted by Gasteiger charge is -2.09. The first kappa shape index (κ1) is 49.9. The predicted molar refractivity (Wildman–Crippen MR) is 369 cm³/mol. The second kappa shape index (κ2) is 20.8. The number of H-pyrrole nitrogens is 1. The summed E-state index contributed by atoms with van der Waals surface area (Å²) in [5.41, 5.74) is 14.0. The summed E-state index contributed by atoms with van der Waals surface area (Å²) in [6, 6.07) is 96.3. The molecule has 0 radical (unpaired) electrons. The zero-order valence-electron chi connectivity index (χ0n) is 44.5. The summed E-state index contributed by atoms with van der Waals surface area (Å²) in [4.78, 5) is 3.39. The largest absolute Gasteiger partial charge is 0.360 e. The summed E-state index contributed by atoms with van der Waals surface area (Å²) in [6.45, 7) is 0. The zero-order valence-corrected chi connectivity index (χ0v) is 49.4. The number of nitrogens with zero attached hydrogens (tertiary/aromatic N) is 1. The molecule has 0 saturated heterocycles. The van der Waals surface area contributed by atoms with Crippen LogP contribution < -0.4 is 0 Å². The molecule has 18 aromatic rings. The minimum absolute atomic E-state index is 1.12. The van der Waals surface area contributed by atoms with E-state index in [1.807, 2.05) is 51.5 Å². The van der Waals surface area contributed by atoms with Gasteiger partial charge in [0.15, 0.2) is 0 Å². The van der Waals surface area contributed by atoms with Crippen molar-refractivity contribution in [2.75, 3.05) is 0 Å². The molecule has 0 aliphatic rings. The lowest BCUT2D eigenvalue weighted by Crippen LogP contribution is -1.92. The first-order valence-corrected chi connectivity index (χ1v) is 31.8. The van der Waals surface area contributed by atoms with Gasteiger partial charge in [-0.15, -0.1) is 45.3 Å². The number of hydrogen-bond donors (Lipinski definition) is 1. The Morgan fingerprint density at radius 3 is 1.24 bits per heavy atom. The Morgan fingerprint density at radius 1 is 0.289 bits per heavy atom. The summed E-state index contributed by atoms with van der Waals surface area (Å²) in [5.74, 6) is 0. The van der Waals surface area contributed by atoms with Gasteiger partial charge in [-0.25, -0.2) is 0 Å². The van der Waals surface area contributed by atoms with Crippen molar-refractivity contribution in [1.29, 1.82) is 0 Å². The second-order valence-corrected chi connectivity index (χ2v) is 25.9. The Balaban J connectivity index is 0.000000113. The smallest absolute Gasteiger partial charge is 0.0707 e. The quantitative estimate of drug-likeness (QED) is 0.177. The van der Waals surface area contributed by atoms with Crippen LogP contribution in [0.2, 0.25) is 0 Å². The standard InChI is InChI=1S/C38H23NS2.C20H13NS.C18H11BrS/c1-2-8-24(9-3-1)28-11-7-14-32-33-21-18-26-22-23-39(35(26)38(33)41-37(28)32)27-19-16-25(17-20-27)29-12-6-13-31-30-10-4-5-15-34(30)40-36(29)31;1-2-5-13(6-3-1)15-7-4-8-16-17-10-9-14-11-12-21-18(14)20(17)22-19(15)16;19-13-10-8-12(9-11-13)14-5-3-6-16-15-4-1-2-7-17(15)20-18(14)16/h1-23H;1-12,21H;1-11H. The van der Waals surface area contributed by atoms with E-state index in [2.05, 4.69) is 299 Å². The Kier molecular flexibility index (Phi) is 12.5. The molecule has 0 atom stereocenters. The topological polar surface area (TPSA) is 20.7 Å². The van der Waals surface area contributed by atoms with E-state index in [0.29, 0.717) is 0 Å². The Morgan fingerprint density at radius 2 is 0.699 bits per heavy atom. The Labute approximate surface area is 503 Å². The molecule has 7 heteroatoms. The third kappa shape index (κ3) is 8.69. The van der Waals surface area contributed by atoms with Gasteiger partial charge in [-0.3, -0.25) is 0 Å². The molecule has 0 aliphatic carbocycles. The normalized spacial score (nSPS) is 11.7. The molecule has 392 valence electrons. The number of hydrogen-bond acceptors (Lipinski definition) is 4. The summed E-state index contributed by atoms with van der Waals surface area (Å²) < 4.78 is 14.3. The maximum Gasteiger partial charge on any atom is 0.0707 e. The van der Waals surface area contributed by atoms with Crippen molar-refractivity contribution >= 4 is 164 Å². The minimum Gasteiger partial charge on any atom is -0.360 e. The average molecular weight is 1200 g/mol. The number of fused-ring (bicyclic) bond motifs is 16. The molecule has 6 heterocycles. The molecule has 12 aromatic carbocycles. The maximum atomic E-state index is 3.50. The number of rotatable bonds is 5. The number of halogens is 1. The van der Waals surface area contributed by atoms with Crippen LogP contribution in [-0.2, 0) is 0 Å². The minimum atomic E-state index is 1.12. The van der Waals surface area contributed by atoms with E-state index in [1.165, 1.54) is 153 Å². The third-order valence-corrected chi connectivity index (χ3v) is 21.6. The van der Waals surface area contributed by atoms with Crippen LogP contribution in [0.4, 0.5) is 0 Å². The first-order valence-electron chi connectivity index (χ1n) is 27.7. The fraction of sp³-hybridized carbons (Fsp3) is 0. The zero-order chi connectivity index (χ0) is 55.0. The van der Waals surface area contributed by atoms with E-state index >= 15 is 0 Å². The van der Waals surface area contributed by atoms with Gasteiger partial charge in [0.25, 0.3) is 0 Å². The van der Waals surface area contributed by atoms with Crippen molar-refractivity contribution < 1.29 is 0 Å².